The van der Waals surface area contributed by atoms with Gasteiger partial charge in [0.05, 0.1) is 0 Å². The van der Waals surface area contributed by atoms with E-state index in [9.17, 15) is 9.59 Å². The zero-order valence-corrected chi connectivity index (χ0v) is 24.5. The summed E-state index contributed by atoms with van der Waals surface area (Å²) < 4.78 is 0. The third kappa shape index (κ3) is 5.07. The summed E-state index contributed by atoms with van der Waals surface area (Å²) >= 11 is 0. The van der Waals surface area contributed by atoms with Crippen LogP contribution in [0.25, 0.3) is 11.1 Å². The first kappa shape index (κ1) is 28.4. The number of primary amides is 2. The minimum Gasteiger partial charge on any atom is -0.398 e. The van der Waals surface area contributed by atoms with Crippen molar-refractivity contribution in [3.05, 3.63) is 86.5 Å². The maximum absolute atomic E-state index is 12.8. The molecule has 2 amide bonds. The van der Waals surface area contributed by atoms with Gasteiger partial charge in [-0.15, -0.1) is 0 Å². The van der Waals surface area contributed by atoms with Crippen LogP contribution in [0.3, 0.4) is 0 Å². The molecule has 0 atom stereocenters. The third-order valence-corrected chi connectivity index (χ3v) is 8.72. The van der Waals surface area contributed by atoms with Crippen molar-refractivity contribution < 1.29 is 9.59 Å². The fraction of sp³-hybridized carbons (Fsp3) is 0.412. The quantitative estimate of drug-likeness (QED) is 0.314. The molecule has 0 aliphatic heterocycles. The van der Waals surface area contributed by atoms with Crippen molar-refractivity contribution >= 4 is 17.5 Å². The molecule has 4 rings (SSSR count). The molecule has 0 unspecified atom stereocenters. The molecule has 1 saturated carbocycles. The highest BCUT2D eigenvalue weighted by atomic mass is 16.1. The van der Waals surface area contributed by atoms with Gasteiger partial charge >= 0.3 is 0 Å². The highest BCUT2D eigenvalue weighted by Crippen LogP contribution is 2.48. The first-order chi connectivity index (χ1) is 18.2. The topological polar surface area (TPSA) is 112 Å². The van der Waals surface area contributed by atoms with E-state index >= 15 is 0 Å². The molecule has 3 aromatic rings. The molecule has 0 bridgehead atoms. The van der Waals surface area contributed by atoms with Crippen LogP contribution in [0, 0.1) is 27.7 Å². The van der Waals surface area contributed by atoms with Crippen LogP contribution < -0.4 is 17.2 Å². The zero-order valence-electron chi connectivity index (χ0n) is 24.5. The molecule has 39 heavy (non-hydrogen) atoms. The lowest BCUT2D eigenvalue weighted by atomic mass is 9.64. The lowest BCUT2D eigenvalue weighted by Crippen LogP contribution is -2.31. The van der Waals surface area contributed by atoms with Gasteiger partial charge in [0.15, 0.2) is 0 Å². The van der Waals surface area contributed by atoms with Crippen LogP contribution >= 0.6 is 0 Å². The molecule has 1 aliphatic rings. The molecule has 0 saturated heterocycles. The lowest BCUT2D eigenvalue weighted by molar-refractivity contribution is 0.0999. The van der Waals surface area contributed by atoms with Gasteiger partial charge in [0.2, 0.25) is 11.8 Å². The first-order valence-corrected chi connectivity index (χ1v) is 13.9. The van der Waals surface area contributed by atoms with Crippen LogP contribution in [-0.2, 0) is 10.8 Å². The molecule has 1 aliphatic carbocycles. The smallest absolute Gasteiger partial charge is 0.249 e. The number of carbonyl (C=O) groups is 2. The fourth-order valence-corrected chi connectivity index (χ4v) is 6.52. The van der Waals surface area contributed by atoms with E-state index in [-0.39, 0.29) is 10.8 Å². The Morgan fingerprint density at radius 1 is 0.667 bits per heavy atom. The van der Waals surface area contributed by atoms with Crippen molar-refractivity contribution in [2.45, 2.75) is 91.4 Å². The van der Waals surface area contributed by atoms with Crippen molar-refractivity contribution in [2.75, 3.05) is 5.73 Å². The summed E-state index contributed by atoms with van der Waals surface area (Å²) in [6.07, 6.45) is 5.68. The number of benzene rings is 3. The van der Waals surface area contributed by atoms with Gasteiger partial charge in [0.25, 0.3) is 0 Å². The molecule has 0 spiro atoms. The normalized spacial score (nSPS) is 15.3. The summed E-state index contributed by atoms with van der Waals surface area (Å²) in [6, 6.07) is 12.6. The largest absolute Gasteiger partial charge is 0.398 e. The van der Waals surface area contributed by atoms with Crippen LogP contribution in [-0.4, -0.2) is 11.8 Å². The van der Waals surface area contributed by atoms with E-state index in [0.717, 1.165) is 64.8 Å². The third-order valence-electron chi connectivity index (χ3n) is 8.72. The number of aryl methyl sites for hydroxylation is 4. The van der Waals surface area contributed by atoms with Gasteiger partial charge in [-0.25, -0.2) is 0 Å². The van der Waals surface area contributed by atoms with Crippen molar-refractivity contribution in [3.8, 4) is 11.1 Å². The Morgan fingerprint density at radius 2 is 1.08 bits per heavy atom. The molecule has 1 fully saturated rings. The molecule has 0 aromatic heterocycles. The zero-order chi connectivity index (χ0) is 28.9. The highest BCUT2D eigenvalue weighted by molar-refractivity contribution is 6.09. The molecule has 5 nitrogen and oxygen atoms in total. The molecule has 6 N–H and O–H groups in total. The Hall–Kier alpha value is -3.60. The maximum Gasteiger partial charge on any atom is 0.249 e. The van der Waals surface area contributed by atoms with Gasteiger partial charge in [-0.2, -0.15) is 0 Å². The molecular weight excluding hydrogens is 482 g/mol. The van der Waals surface area contributed by atoms with E-state index in [2.05, 4.69) is 52.0 Å². The molecule has 3 aromatic carbocycles. The average molecular weight is 526 g/mol. The number of nitrogen functional groups attached to an aromatic ring is 1. The van der Waals surface area contributed by atoms with E-state index in [1.807, 2.05) is 32.9 Å². The van der Waals surface area contributed by atoms with Crippen molar-refractivity contribution in [1.82, 2.24) is 0 Å². The summed E-state index contributed by atoms with van der Waals surface area (Å²) in [6.45, 7) is 14.4. The molecule has 206 valence electrons. The summed E-state index contributed by atoms with van der Waals surface area (Å²) in [5, 5.41) is 0. The second-order valence-electron chi connectivity index (χ2n) is 12.6. The number of carbonyl (C=O) groups excluding carboxylic acids is 2. The summed E-state index contributed by atoms with van der Waals surface area (Å²) in [7, 11) is 0. The van der Waals surface area contributed by atoms with Gasteiger partial charge in [-0.3, -0.25) is 9.59 Å². The Kier molecular flexibility index (Phi) is 7.41. The first-order valence-electron chi connectivity index (χ1n) is 13.9. The van der Waals surface area contributed by atoms with Crippen LogP contribution in [0.1, 0.15) is 113 Å². The van der Waals surface area contributed by atoms with Gasteiger partial charge in [-0.05, 0) is 103 Å². The summed E-state index contributed by atoms with van der Waals surface area (Å²) in [4.78, 5) is 25.5. The monoisotopic (exact) mass is 525 g/mol. The van der Waals surface area contributed by atoms with Crippen molar-refractivity contribution in [2.24, 2.45) is 11.5 Å². The highest BCUT2D eigenvalue weighted by Gasteiger charge is 2.37. The maximum atomic E-state index is 12.8. The number of anilines is 1. The summed E-state index contributed by atoms with van der Waals surface area (Å²) in [5.74, 6) is -1.14. The summed E-state index contributed by atoms with van der Waals surface area (Å²) in [5.41, 5.74) is 28.2. The van der Waals surface area contributed by atoms with Gasteiger partial charge in [0.1, 0.15) is 0 Å². The van der Waals surface area contributed by atoms with Crippen molar-refractivity contribution in [3.63, 3.8) is 0 Å². The molecule has 0 radical (unpaired) electrons. The van der Waals surface area contributed by atoms with E-state index in [1.165, 1.54) is 17.5 Å². The SMILES string of the molecule is Cc1cc(C2(c3cc(C)c(-c4c(C(N)=O)cc(C(C)(C)C)cc4C(N)=O)c(C)c3)CCCCC2)cc(C)c1N. The Balaban J connectivity index is 2.00. The number of amides is 2. The molecular formula is C34H43N3O2. The van der Waals surface area contributed by atoms with Crippen LogP contribution in [0.15, 0.2) is 36.4 Å². The van der Waals surface area contributed by atoms with Gasteiger partial charge in [0, 0.05) is 27.8 Å². The number of hydrogen-bond acceptors (Lipinski definition) is 3. The predicted octanol–water partition coefficient (Wildman–Crippen LogP) is 6.91. The Labute approximate surface area is 233 Å². The lowest BCUT2D eigenvalue weighted by Gasteiger charge is -2.40. The minimum absolute atomic E-state index is 0.120. The van der Waals surface area contributed by atoms with Crippen LogP contribution in [0.2, 0.25) is 0 Å². The number of nitrogens with two attached hydrogens (primary N) is 3. The van der Waals surface area contributed by atoms with E-state index in [0.29, 0.717) is 16.7 Å². The second-order valence-corrected chi connectivity index (χ2v) is 12.6. The van der Waals surface area contributed by atoms with E-state index in [1.54, 1.807) is 0 Å². The minimum atomic E-state index is -0.571. The van der Waals surface area contributed by atoms with E-state index < -0.39 is 11.8 Å². The van der Waals surface area contributed by atoms with Crippen LogP contribution in [0.4, 0.5) is 5.69 Å². The van der Waals surface area contributed by atoms with Gasteiger partial charge in [-0.1, -0.05) is 64.3 Å². The van der Waals surface area contributed by atoms with E-state index in [4.69, 9.17) is 17.2 Å². The second kappa shape index (κ2) is 10.2. The van der Waals surface area contributed by atoms with Gasteiger partial charge < -0.3 is 17.2 Å². The number of hydrogen-bond donors (Lipinski definition) is 3. The van der Waals surface area contributed by atoms with Crippen molar-refractivity contribution in [1.29, 1.82) is 0 Å². The molecule has 0 heterocycles. The Bertz CT molecular complexity index is 1390. The van der Waals surface area contributed by atoms with Crippen LogP contribution in [0.5, 0.6) is 0 Å². The molecule has 5 heteroatoms. The Morgan fingerprint density at radius 3 is 1.46 bits per heavy atom. The standard InChI is InChI=1S/C34H43N3O2/c1-19-13-24(34(11-9-8-10-12-34)25-15-21(3)30(35)22(4)16-25)14-20(2)28(19)29-26(31(36)38)17-23(33(5,6)7)18-27(29)32(37)39/h13-18H,8-12,35H2,1-7H3,(H2,36,38)(H2,37,39). The average Bonchev–Trinajstić information content (AvgIpc) is 2.85. The fourth-order valence-electron chi connectivity index (χ4n) is 6.52. The number of rotatable bonds is 5. The predicted molar refractivity (Wildman–Crippen MR) is 161 cm³/mol.